The standard InChI is InChI=1S/C20H28N4O/c1-6-8-24(9-7-2)20-21-12-17(13-22-20)19(25)23-18-15(4)10-14(3)11-16(18)5/h10-13H,6-9H2,1-5H3,(H,23,25). The summed E-state index contributed by atoms with van der Waals surface area (Å²) < 4.78 is 0. The van der Waals surface area contributed by atoms with Crippen LogP contribution < -0.4 is 10.2 Å². The van der Waals surface area contributed by atoms with E-state index in [4.69, 9.17) is 0 Å². The number of nitrogens with one attached hydrogen (secondary N) is 1. The highest BCUT2D eigenvalue weighted by molar-refractivity contribution is 6.04. The van der Waals surface area contributed by atoms with Gasteiger partial charge < -0.3 is 10.2 Å². The summed E-state index contributed by atoms with van der Waals surface area (Å²) in [6.07, 6.45) is 5.29. The van der Waals surface area contributed by atoms with E-state index >= 15 is 0 Å². The number of benzene rings is 1. The summed E-state index contributed by atoms with van der Waals surface area (Å²) in [5, 5.41) is 2.99. The van der Waals surface area contributed by atoms with E-state index in [9.17, 15) is 4.79 Å². The van der Waals surface area contributed by atoms with Crippen molar-refractivity contribution < 1.29 is 4.79 Å². The lowest BCUT2D eigenvalue weighted by molar-refractivity contribution is 0.102. The highest BCUT2D eigenvalue weighted by Crippen LogP contribution is 2.22. The molecule has 1 aromatic heterocycles. The molecule has 1 amide bonds. The van der Waals surface area contributed by atoms with Crippen molar-refractivity contribution in [2.75, 3.05) is 23.3 Å². The monoisotopic (exact) mass is 340 g/mol. The van der Waals surface area contributed by atoms with Gasteiger partial charge in [0.1, 0.15) is 0 Å². The largest absolute Gasteiger partial charge is 0.341 e. The van der Waals surface area contributed by atoms with Gasteiger partial charge in [0.05, 0.1) is 5.56 Å². The number of hydrogen-bond donors (Lipinski definition) is 1. The predicted molar refractivity (Wildman–Crippen MR) is 103 cm³/mol. The SMILES string of the molecule is CCCN(CCC)c1ncc(C(=O)Nc2c(C)cc(C)cc2C)cn1. The van der Waals surface area contributed by atoms with Gasteiger partial charge in [-0.2, -0.15) is 0 Å². The fraction of sp³-hybridized carbons (Fsp3) is 0.450. The van der Waals surface area contributed by atoms with Crippen molar-refractivity contribution >= 4 is 17.5 Å². The number of amides is 1. The molecule has 2 rings (SSSR count). The highest BCUT2D eigenvalue weighted by atomic mass is 16.1. The average molecular weight is 340 g/mol. The fourth-order valence-electron chi connectivity index (χ4n) is 3.02. The topological polar surface area (TPSA) is 58.1 Å². The van der Waals surface area contributed by atoms with Crippen molar-refractivity contribution in [3.63, 3.8) is 0 Å². The minimum Gasteiger partial charge on any atom is -0.341 e. The van der Waals surface area contributed by atoms with Crippen molar-refractivity contribution in [2.24, 2.45) is 0 Å². The second kappa shape index (κ2) is 8.60. The van der Waals surface area contributed by atoms with Crippen LogP contribution in [0.2, 0.25) is 0 Å². The molecular formula is C20H28N4O. The Morgan fingerprint density at radius 2 is 1.52 bits per heavy atom. The molecule has 0 aliphatic carbocycles. The average Bonchev–Trinajstić information content (AvgIpc) is 2.58. The van der Waals surface area contributed by atoms with Crippen LogP contribution in [0.1, 0.15) is 53.7 Å². The second-order valence-electron chi connectivity index (χ2n) is 6.49. The van der Waals surface area contributed by atoms with Gasteiger partial charge in [0, 0.05) is 31.2 Å². The Labute approximate surface area is 150 Å². The van der Waals surface area contributed by atoms with Crippen LogP contribution in [-0.2, 0) is 0 Å². The van der Waals surface area contributed by atoms with E-state index in [1.165, 1.54) is 5.56 Å². The van der Waals surface area contributed by atoms with E-state index in [1.807, 2.05) is 13.8 Å². The summed E-state index contributed by atoms with van der Waals surface area (Å²) in [6, 6.07) is 4.13. The number of nitrogens with zero attached hydrogens (tertiary/aromatic N) is 3. The maximum Gasteiger partial charge on any atom is 0.258 e. The summed E-state index contributed by atoms with van der Waals surface area (Å²) in [6.45, 7) is 12.2. The molecule has 1 heterocycles. The molecule has 0 aliphatic heterocycles. The van der Waals surface area contributed by atoms with Gasteiger partial charge in [-0.15, -0.1) is 0 Å². The van der Waals surface area contributed by atoms with Crippen molar-refractivity contribution in [1.29, 1.82) is 0 Å². The Bertz CT molecular complexity index is 696. The fourth-order valence-corrected chi connectivity index (χ4v) is 3.02. The third kappa shape index (κ3) is 4.78. The zero-order valence-electron chi connectivity index (χ0n) is 15.9. The normalized spacial score (nSPS) is 10.6. The molecule has 5 nitrogen and oxygen atoms in total. The highest BCUT2D eigenvalue weighted by Gasteiger charge is 2.13. The molecule has 5 heteroatoms. The molecule has 134 valence electrons. The lowest BCUT2D eigenvalue weighted by Gasteiger charge is -2.21. The molecule has 0 spiro atoms. The summed E-state index contributed by atoms with van der Waals surface area (Å²) >= 11 is 0. The van der Waals surface area contributed by atoms with E-state index < -0.39 is 0 Å². The molecule has 0 saturated carbocycles. The van der Waals surface area contributed by atoms with E-state index in [1.54, 1.807) is 12.4 Å². The van der Waals surface area contributed by atoms with E-state index in [0.29, 0.717) is 11.5 Å². The van der Waals surface area contributed by atoms with Crippen molar-refractivity contribution in [1.82, 2.24) is 9.97 Å². The van der Waals surface area contributed by atoms with Crippen LogP contribution in [0.5, 0.6) is 0 Å². The van der Waals surface area contributed by atoms with Gasteiger partial charge in [-0.1, -0.05) is 31.5 Å². The Hall–Kier alpha value is -2.43. The molecule has 2 aromatic rings. The van der Waals surface area contributed by atoms with Crippen LogP contribution in [0.15, 0.2) is 24.5 Å². The van der Waals surface area contributed by atoms with Crippen molar-refractivity contribution in [2.45, 2.75) is 47.5 Å². The minimum absolute atomic E-state index is 0.181. The van der Waals surface area contributed by atoms with Crippen LogP contribution >= 0.6 is 0 Å². The third-order valence-corrected chi connectivity index (χ3v) is 4.09. The van der Waals surface area contributed by atoms with Gasteiger partial charge >= 0.3 is 0 Å². The van der Waals surface area contributed by atoms with Crippen LogP contribution in [0.25, 0.3) is 0 Å². The third-order valence-electron chi connectivity index (χ3n) is 4.09. The first-order valence-electron chi connectivity index (χ1n) is 8.92. The van der Waals surface area contributed by atoms with Gasteiger partial charge in [0.15, 0.2) is 0 Å². The number of anilines is 2. The quantitative estimate of drug-likeness (QED) is 0.817. The lowest BCUT2D eigenvalue weighted by Crippen LogP contribution is -2.27. The van der Waals surface area contributed by atoms with Crippen LogP contribution in [0.4, 0.5) is 11.6 Å². The summed E-state index contributed by atoms with van der Waals surface area (Å²) in [4.78, 5) is 23.5. The van der Waals surface area contributed by atoms with Gasteiger partial charge in [0.25, 0.3) is 5.91 Å². The van der Waals surface area contributed by atoms with Crippen LogP contribution in [-0.4, -0.2) is 29.0 Å². The Kier molecular flexibility index (Phi) is 6.51. The van der Waals surface area contributed by atoms with Gasteiger partial charge in [-0.05, 0) is 44.7 Å². The first-order chi connectivity index (χ1) is 12.0. The maximum absolute atomic E-state index is 12.5. The van der Waals surface area contributed by atoms with E-state index in [2.05, 4.69) is 53.1 Å². The zero-order chi connectivity index (χ0) is 18.4. The first-order valence-corrected chi connectivity index (χ1v) is 8.92. The van der Waals surface area contributed by atoms with Gasteiger partial charge in [-0.3, -0.25) is 4.79 Å². The summed E-state index contributed by atoms with van der Waals surface area (Å²) in [7, 11) is 0. The minimum atomic E-state index is -0.181. The summed E-state index contributed by atoms with van der Waals surface area (Å²) in [5.41, 5.74) is 4.63. The maximum atomic E-state index is 12.5. The molecular weight excluding hydrogens is 312 g/mol. The van der Waals surface area contributed by atoms with Crippen molar-refractivity contribution in [3.8, 4) is 0 Å². The van der Waals surface area contributed by atoms with Crippen molar-refractivity contribution in [3.05, 3.63) is 46.8 Å². The smallest absolute Gasteiger partial charge is 0.258 e. The molecule has 0 atom stereocenters. The number of aromatic nitrogens is 2. The van der Waals surface area contributed by atoms with Gasteiger partial charge in [0.2, 0.25) is 5.95 Å². The first kappa shape index (κ1) is 18.9. The summed E-state index contributed by atoms with van der Waals surface area (Å²) in [5.74, 6) is 0.502. The molecule has 0 radical (unpaired) electrons. The molecule has 25 heavy (non-hydrogen) atoms. The molecule has 0 saturated heterocycles. The van der Waals surface area contributed by atoms with E-state index in [0.717, 1.165) is 42.7 Å². The second-order valence-corrected chi connectivity index (χ2v) is 6.49. The number of aryl methyl sites for hydroxylation is 3. The Morgan fingerprint density at radius 3 is 2.00 bits per heavy atom. The molecule has 0 aliphatic rings. The molecule has 1 N–H and O–H groups in total. The molecule has 0 bridgehead atoms. The number of hydrogen-bond acceptors (Lipinski definition) is 4. The predicted octanol–water partition coefficient (Wildman–Crippen LogP) is 4.28. The zero-order valence-corrected chi connectivity index (χ0v) is 15.9. The molecule has 1 aromatic carbocycles. The Balaban J connectivity index is 2.15. The van der Waals surface area contributed by atoms with E-state index in [-0.39, 0.29) is 5.91 Å². The van der Waals surface area contributed by atoms with Crippen LogP contribution in [0, 0.1) is 20.8 Å². The molecule has 0 unspecified atom stereocenters. The lowest BCUT2D eigenvalue weighted by atomic mass is 10.0. The van der Waals surface area contributed by atoms with Crippen LogP contribution in [0.3, 0.4) is 0 Å². The number of carbonyl (C=O) groups excluding carboxylic acids is 1. The number of rotatable bonds is 7. The molecule has 0 fully saturated rings. The Morgan fingerprint density at radius 1 is 1.00 bits per heavy atom. The van der Waals surface area contributed by atoms with Gasteiger partial charge in [-0.25, -0.2) is 9.97 Å². The number of carbonyl (C=O) groups is 1.